The Labute approximate surface area is 105 Å². The number of nitrogens with zero attached hydrogens (tertiary/aromatic N) is 1. The lowest BCUT2D eigenvalue weighted by molar-refractivity contribution is 0.0165. The van der Waals surface area contributed by atoms with E-state index in [2.05, 4.69) is 10.2 Å². The van der Waals surface area contributed by atoms with Crippen molar-refractivity contribution in [3.63, 3.8) is 0 Å². The van der Waals surface area contributed by atoms with Gasteiger partial charge in [-0.05, 0) is 58.0 Å². The molecule has 3 aliphatic heterocycles. The molecule has 3 aliphatic rings. The molecule has 0 saturated carbocycles. The number of rotatable bonds is 5. The number of hydrogen-bond acceptors (Lipinski definition) is 3. The Balaban J connectivity index is 1.29. The van der Waals surface area contributed by atoms with Gasteiger partial charge in [0.25, 0.3) is 0 Å². The van der Waals surface area contributed by atoms with Gasteiger partial charge in [-0.15, -0.1) is 0 Å². The highest BCUT2D eigenvalue weighted by atomic mass is 16.5. The molecule has 0 amide bonds. The third-order valence-corrected chi connectivity index (χ3v) is 4.60. The normalized spacial score (nSPS) is 37.8. The molecule has 3 fully saturated rings. The summed E-state index contributed by atoms with van der Waals surface area (Å²) in [5.41, 5.74) is 0. The van der Waals surface area contributed by atoms with Crippen molar-refractivity contribution in [1.82, 2.24) is 10.2 Å². The van der Waals surface area contributed by atoms with Crippen LogP contribution in [0.3, 0.4) is 0 Å². The molecule has 0 aromatic carbocycles. The van der Waals surface area contributed by atoms with Gasteiger partial charge in [0.15, 0.2) is 0 Å². The summed E-state index contributed by atoms with van der Waals surface area (Å²) in [5.74, 6) is 0. The molecule has 0 spiro atoms. The number of likely N-dealkylation sites (tertiary alicyclic amines) is 1. The fraction of sp³-hybridized carbons (Fsp3) is 1.00. The Kier molecular flexibility index (Phi) is 3.99. The number of hydrogen-bond donors (Lipinski definition) is 1. The summed E-state index contributed by atoms with van der Waals surface area (Å²) in [7, 11) is 0. The average Bonchev–Trinajstić information content (AvgIpc) is 2.95. The second kappa shape index (κ2) is 5.68. The Morgan fingerprint density at radius 3 is 2.47 bits per heavy atom. The lowest BCUT2D eigenvalue weighted by Crippen LogP contribution is -2.41. The first-order chi connectivity index (χ1) is 8.40. The van der Waals surface area contributed by atoms with E-state index in [1.807, 2.05) is 0 Å². The lowest BCUT2D eigenvalue weighted by atomic mass is 10.0. The van der Waals surface area contributed by atoms with E-state index in [4.69, 9.17) is 4.74 Å². The molecule has 0 radical (unpaired) electrons. The van der Waals surface area contributed by atoms with Crippen LogP contribution in [0.2, 0.25) is 0 Å². The molecule has 3 heterocycles. The highest BCUT2D eigenvalue weighted by Gasteiger charge is 2.33. The highest BCUT2D eigenvalue weighted by molar-refractivity contribution is 4.92. The first-order valence-electron chi connectivity index (χ1n) is 7.50. The lowest BCUT2D eigenvalue weighted by Gasteiger charge is -2.29. The van der Waals surface area contributed by atoms with Crippen LogP contribution in [0.5, 0.6) is 0 Å². The van der Waals surface area contributed by atoms with Gasteiger partial charge in [-0.3, -0.25) is 0 Å². The molecule has 2 unspecified atom stereocenters. The molecule has 98 valence electrons. The van der Waals surface area contributed by atoms with Crippen molar-refractivity contribution in [3.8, 4) is 0 Å². The minimum atomic E-state index is 0.548. The summed E-state index contributed by atoms with van der Waals surface area (Å²) in [6.45, 7) is 4.85. The van der Waals surface area contributed by atoms with Gasteiger partial charge >= 0.3 is 0 Å². The van der Waals surface area contributed by atoms with E-state index >= 15 is 0 Å². The maximum Gasteiger partial charge on any atom is 0.0604 e. The minimum absolute atomic E-state index is 0.548. The zero-order valence-electron chi connectivity index (χ0n) is 10.9. The third kappa shape index (κ3) is 3.21. The van der Waals surface area contributed by atoms with Crippen molar-refractivity contribution in [3.05, 3.63) is 0 Å². The Bertz CT molecular complexity index is 228. The zero-order valence-corrected chi connectivity index (χ0v) is 10.9. The van der Waals surface area contributed by atoms with Crippen LogP contribution in [0, 0.1) is 0 Å². The average molecular weight is 238 g/mol. The van der Waals surface area contributed by atoms with Crippen LogP contribution in [0.4, 0.5) is 0 Å². The maximum atomic E-state index is 6.06. The fourth-order valence-electron chi connectivity index (χ4n) is 3.69. The van der Waals surface area contributed by atoms with E-state index in [9.17, 15) is 0 Å². The molecule has 2 atom stereocenters. The van der Waals surface area contributed by atoms with E-state index in [0.717, 1.165) is 18.7 Å². The molecule has 3 nitrogen and oxygen atoms in total. The predicted octanol–water partition coefficient (Wildman–Crippen LogP) is 1.77. The molecule has 0 aromatic heterocycles. The molecule has 3 rings (SSSR count). The molecule has 17 heavy (non-hydrogen) atoms. The molecule has 3 heteroatoms. The Morgan fingerprint density at radius 2 is 1.76 bits per heavy atom. The largest absolute Gasteiger partial charge is 0.378 e. The summed E-state index contributed by atoms with van der Waals surface area (Å²) in [5, 5.41) is 3.67. The second-order valence-electron chi connectivity index (χ2n) is 6.00. The molecule has 1 N–H and O–H groups in total. The Morgan fingerprint density at radius 1 is 1.06 bits per heavy atom. The summed E-state index contributed by atoms with van der Waals surface area (Å²) in [4.78, 5) is 2.58. The fourth-order valence-corrected chi connectivity index (χ4v) is 3.69. The van der Waals surface area contributed by atoms with Gasteiger partial charge in [-0.25, -0.2) is 0 Å². The first kappa shape index (κ1) is 11.9. The first-order valence-corrected chi connectivity index (χ1v) is 7.50. The van der Waals surface area contributed by atoms with Crippen molar-refractivity contribution in [2.45, 2.75) is 63.1 Å². The number of ether oxygens (including phenoxy) is 1. The summed E-state index contributed by atoms with van der Waals surface area (Å²) < 4.78 is 6.06. The monoisotopic (exact) mass is 238 g/mol. The maximum absolute atomic E-state index is 6.06. The van der Waals surface area contributed by atoms with Crippen molar-refractivity contribution >= 4 is 0 Å². The summed E-state index contributed by atoms with van der Waals surface area (Å²) in [6, 6.07) is 1.52. The van der Waals surface area contributed by atoms with Gasteiger partial charge in [0, 0.05) is 25.2 Å². The summed E-state index contributed by atoms with van der Waals surface area (Å²) in [6.07, 6.45) is 9.82. The van der Waals surface area contributed by atoms with E-state index in [1.165, 1.54) is 64.6 Å². The molecule has 2 bridgehead atoms. The second-order valence-corrected chi connectivity index (χ2v) is 6.00. The third-order valence-electron chi connectivity index (χ3n) is 4.60. The van der Waals surface area contributed by atoms with Gasteiger partial charge in [-0.1, -0.05) is 0 Å². The van der Waals surface area contributed by atoms with Gasteiger partial charge in [-0.2, -0.15) is 0 Å². The quantitative estimate of drug-likeness (QED) is 0.739. The van der Waals surface area contributed by atoms with E-state index in [-0.39, 0.29) is 0 Å². The van der Waals surface area contributed by atoms with Gasteiger partial charge in [0.1, 0.15) is 0 Å². The van der Waals surface area contributed by atoms with Crippen LogP contribution in [0.25, 0.3) is 0 Å². The standard InChI is InChI=1S/C14H26N2O/c1-2-7-16(6-1)8-3-9-17-14-10-12-4-5-13(11-14)15-12/h12-15H,1-11H2. The number of piperidine rings is 1. The minimum Gasteiger partial charge on any atom is -0.378 e. The van der Waals surface area contributed by atoms with Gasteiger partial charge < -0.3 is 15.0 Å². The van der Waals surface area contributed by atoms with Crippen LogP contribution in [-0.4, -0.2) is 49.3 Å². The molecule has 3 saturated heterocycles. The van der Waals surface area contributed by atoms with Crippen LogP contribution < -0.4 is 5.32 Å². The number of fused-ring (bicyclic) bond motifs is 2. The van der Waals surface area contributed by atoms with Gasteiger partial charge in [0.2, 0.25) is 0 Å². The van der Waals surface area contributed by atoms with Crippen molar-refractivity contribution in [2.75, 3.05) is 26.2 Å². The van der Waals surface area contributed by atoms with E-state index < -0.39 is 0 Å². The highest BCUT2D eigenvalue weighted by Crippen LogP contribution is 2.28. The van der Waals surface area contributed by atoms with Crippen LogP contribution in [0.1, 0.15) is 44.9 Å². The Hall–Kier alpha value is -0.120. The smallest absolute Gasteiger partial charge is 0.0604 e. The SMILES string of the molecule is C1CCN(CCCOC2CC3CCC(C2)N3)C1. The number of nitrogens with one attached hydrogen (secondary N) is 1. The van der Waals surface area contributed by atoms with Crippen molar-refractivity contribution in [1.29, 1.82) is 0 Å². The van der Waals surface area contributed by atoms with Crippen LogP contribution in [0.15, 0.2) is 0 Å². The van der Waals surface area contributed by atoms with Crippen molar-refractivity contribution in [2.24, 2.45) is 0 Å². The topological polar surface area (TPSA) is 24.5 Å². The van der Waals surface area contributed by atoms with Gasteiger partial charge in [0.05, 0.1) is 6.10 Å². The summed E-state index contributed by atoms with van der Waals surface area (Å²) >= 11 is 0. The zero-order chi connectivity index (χ0) is 11.5. The van der Waals surface area contributed by atoms with Crippen molar-refractivity contribution < 1.29 is 4.74 Å². The molecular formula is C14H26N2O. The predicted molar refractivity (Wildman–Crippen MR) is 69.2 cm³/mol. The molecule has 0 aliphatic carbocycles. The van der Waals surface area contributed by atoms with Crippen LogP contribution >= 0.6 is 0 Å². The van der Waals surface area contributed by atoms with E-state index in [0.29, 0.717) is 6.10 Å². The van der Waals surface area contributed by atoms with E-state index in [1.54, 1.807) is 0 Å². The molecule has 0 aromatic rings. The van der Waals surface area contributed by atoms with Crippen LogP contribution in [-0.2, 0) is 4.74 Å². The molecular weight excluding hydrogens is 212 g/mol.